The summed E-state index contributed by atoms with van der Waals surface area (Å²) in [4.78, 5) is 11.6. The van der Waals surface area contributed by atoms with E-state index in [1.807, 2.05) is 6.92 Å². The quantitative estimate of drug-likeness (QED) is 0.746. The van der Waals surface area contributed by atoms with E-state index in [1.165, 1.54) is 6.07 Å². The molecule has 0 aliphatic rings. The van der Waals surface area contributed by atoms with Gasteiger partial charge in [0, 0.05) is 13.2 Å². The number of unbranched alkanes of at least 4 members (excludes halogenated alkanes) is 2. The van der Waals surface area contributed by atoms with Crippen molar-refractivity contribution < 1.29 is 14.3 Å². The van der Waals surface area contributed by atoms with Crippen LogP contribution in [0.1, 0.15) is 35.2 Å². The lowest BCUT2D eigenvalue weighted by Crippen LogP contribution is -2.25. The van der Waals surface area contributed by atoms with E-state index in [1.54, 1.807) is 12.1 Å². The average Bonchev–Trinajstić information content (AvgIpc) is 2.32. The molecule has 17 heavy (non-hydrogen) atoms. The largest absolute Gasteiger partial charge is 0.396 e. The zero-order valence-corrected chi connectivity index (χ0v) is 10.0. The van der Waals surface area contributed by atoms with Crippen molar-refractivity contribution in [3.8, 4) is 0 Å². The minimum absolute atomic E-state index is 0.0900. The fourth-order valence-corrected chi connectivity index (χ4v) is 1.52. The second-order valence-corrected chi connectivity index (χ2v) is 4.02. The van der Waals surface area contributed by atoms with Crippen LogP contribution in [-0.4, -0.2) is 24.2 Å². The molecule has 0 radical (unpaired) electrons. The number of benzene rings is 1. The molecule has 1 aromatic carbocycles. The van der Waals surface area contributed by atoms with Crippen LogP contribution in [0.3, 0.4) is 0 Å². The number of aliphatic hydroxyl groups excluding tert-OH is 1. The summed E-state index contributed by atoms with van der Waals surface area (Å²) < 4.78 is 13.4. The van der Waals surface area contributed by atoms with Crippen molar-refractivity contribution in [3.63, 3.8) is 0 Å². The monoisotopic (exact) mass is 239 g/mol. The molecule has 0 saturated heterocycles. The van der Waals surface area contributed by atoms with E-state index >= 15 is 0 Å². The van der Waals surface area contributed by atoms with Crippen LogP contribution in [0.5, 0.6) is 0 Å². The van der Waals surface area contributed by atoms with Gasteiger partial charge in [-0.1, -0.05) is 11.6 Å². The highest BCUT2D eigenvalue weighted by atomic mass is 19.1. The van der Waals surface area contributed by atoms with Crippen molar-refractivity contribution in [1.82, 2.24) is 5.32 Å². The molecule has 0 bridgehead atoms. The van der Waals surface area contributed by atoms with Gasteiger partial charge in [-0.05, 0) is 38.3 Å². The van der Waals surface area contributed by atoms with Crippen LogP contribution in [0.2, 0.25) is 0 Å². The van der Waals surface area contributed by atoms with E-state index in [0.717, 1.165) is 24.8 Å². The minimum Gasteiger partial charge on any atom is -0.396 e. The molecule has 0 aliphatic heterocycles. The van der Waals surface area contributed by atoms with E-state index < -0.39 is 5.82 Å². The number of rotatable bonds is 6. The van der Waals surface area contributed by atoms with E-state index in [2.05, 4.69) is 5.32 Å². The van der Waals surface area contributed by atoms with Crippen molar-refractivity contribution in [2.75, 3.05) is 13.2 Å². The second-order valence-electron chi connectivity index (χ2n) is 4.02. The summed E-state index contributed by atoms with van der Waals surface area (Å²) in [6.45, 7) is 2.49. The Labute approximate surface area is 101 Å². The van der Waals surface area contributed by atoms with Gasteiger partial charge < -0.3 is 10.4 Å². The molecule has 0 saturated carbocycles. The minimum atomic E-state index is -0.497. The van der Waals surface area contributed by atoms with Crippen molar-refractivity contribution in [2.24, 2.45) is 0 Å². The number of aliphatic hydroxyl groups is 1. The molecular weight excluding hydrogens is 221 g/mol. The first-order chi connectivity index (χ1) is 8.15. The predicted octanol–water partition coefficient (Wildman–Crippen LogP) is 2.03. The third-order valence-corrected chi connectivity index (χ3v) is 2.49. The maximum Gasteiger partial charge on any atom is 0.254 e. The molecule has 0 spiro atoms. The summed E-state index contributed by atoms with van der Waals surface area (Å²) >= 11 is 0. The lowest BCUT2D eigenvalue weighted by molar-refractivity contribution is 0.0948. The highest BCUT2D eigenvalue weighted by Gasteiger charge is 2.10. The molecule has 0 atom stereocenters. The smallest absolute Gasteiger partial charge is 0.254 e. The zero-order chi connectivity index (χ0) is 12.7. The van der Waals surface area contributed by atoms with Crippen LogP contribution >= 0.6 is 0 Å². The van der Waals surface area contributed by atoms with Gasteiger partial charge in [0.2, 0.25) is 0 Å². The highest BCUT2D eigenvalue weighted by Crippen LogP contribution is 2.09. The first-order valence-corrected chi connectivity index (χ1v) is 5.80. The average molecular weight is 239 g/mol. The molecule has 3 nitrogen and oxygen atoms in total. The lowest BCUT2D eigenvalue weighted by Gasteiger charge is -2.06. The number of halogens is 1. The number of aryl methyl sites for hydroxylation is 1. The van der Waals surface area contributed by atoms with Crippen LogP contribution in [0.15, 0.2) is 18.2 Å². The Hall–Kier alpha value is -1.42. The molecule has 0 aromatic heterocycles. The summed E-state index contributed by atoms with van der Waals surface area (Å²) in [6, 6.07) is 4.47. The summed E-state index contributed by atoms with van der Waals surface area (Å²) in [5.74, 6) is -0.876. The number of carbonyl (C=O) groups excluding carboxylic acids is 1. The van der Waals surface area contributed by atoms with Crippen molar-refractivity contribution >= 4 is 5.91 Å². The van der Waals surface area contributed by atoms with Crippen molar-refractivity contribution in [3.05, 3.63) is 35.1 Å². The normalized spacial score (nSPS) is 10.3. The topological polar surface area (TPSA) is 49.3 Å². The summed E-state index contributed by atoms with van der Waals surface area (Å²) in [5.41, 5.74) is 0.948. The number of hydrogen-bond donors (Lipinski definition) is 2. The Morgan fingerprint density at radius 2 is 2.12 bits per heavy atom. The van der Waals surface area contributed by atoms with E-state index in [0.29, 0.717) is 6.54 Å². The lowest BCUT2D eigenvalue weighted by atomic mass is 10.1. The highest BCUT2D eigenvalue weighted by molar-refractivity contribution is 5.94. The zero-order valence-electron chi connectivity index (χ0n) is 10.0. The van der Waals surface area contributed by atoms with Gasteiger partial charge in [-0.15, -0.1) is 0 Å². The Morgan fingerprint density at radius 3 is 2.82 bits per heavy atom. The molecule has 0 fully saturated rings. The number of carbonyl (C=O) groups is 1. The van der Waals surface area contributed by atoms with Gasteiger partial charge in [0.1, 0.15) is 5.82 Å². The first-order valence-electron chi connectivity index (χ1n) is 5.80. The Morgan fingerprint density at radius 1 is 1.35 bits per heavy atom. The van der Waals surface area contributed by atoms with Gasteiger partial charge in [-0.2, -0.15) is 0 Å². The summed E-state index contributed by atoms with van der Waals surface area (Å²) in [6.07, 6.45) is 2.38. The van der Waals surface area contributed by atoms with Gasteiger partial charge in [-0.3, -0.25) is 4.79 Å². The molecule has 94 valence electrons. The molecule has 2 N–H and O–H groups in total. The Balaban J connectivity index is 2.44. The predicted molar refractivity (Wildman–Crippen MR) is 64.4 cm³/mol. The fourth-order valence-electron chi connectivity index (χ4n) is 1.52. The van der Waals surface area contributed by atoms with Crippen LogP contribution in [0.4, 0.5) is 4.39 Å². The molecule has 1 rings (SSSR count). The van der Waals surface area contributed by atoms with Crippen LogP contribution in [0.25, 0.3) is 0 Å². The molecule has 0 unspecified atom stereocenters. The second kappa shape index (κ2) is 7.01. The first kappa shape index (κ1) is 13.6. The molecule has 0 heterocycles. The molecule has 0 aliphatic carbocycles. The summed E-state index contributed by atoms with van der Waals surface area (Å²) in [7, 11) is 0. The molecule has 1 amide bonds. The Kier molecular flexibility index (Phi) is 5.63. The Bertz CT molecular complexity index is 380. The van der Waals surface area contributed by atoms with Gasteiger partial charge in [0.15, 0.2) is 0 Å². The van der Waals surface area contributed by atoms with E-state index in [9.17, 15) is 9.18 Å². The molecule has 1 aromatic rings. The number of hydrogen-bond acceptors (Lipinski definition) is 2. The van der Waals surface area contributed by atoms with Crippen LogP contribution < -0.4 is 5.32 Å². The standard InChI is InChI=1S/C13H18FNO2/c1-10-5-6-12(14)11(9-10)13(17)15-7-3-2-4-8-16/h5-6,9,16H,2-4,7-8H2,1H3,(H,15,17). The number of amides is 1. The summed E-state index contributed by atoms with van der Waals surface area (Å²) in [5, 5.41) is 11.2. The van der Waals surface area contributed by atoms with Gasteiger partial charge in [-0.25, -0.2) is 4.39 Å². The van der Waals surface area contributed by atoms with E-state index in [4.69, 9.17) is 5.11 Å². The third kappa shape index (κ3) is 4.53. The maximum absolute atomic E-state index is 13.4. The van der Waals surface area contributed by atoms with Crippen LogP contribution in [0, 0.1) is 12.7 Å². The van der Waals surface area contributed by atoms with Crippen LogP contribution in [-0.2, 0) is 0 Å². The SMILES string of the molecule is Cc1ccc(F)c(C(=O)NCCCCCO)c1. The van der Waals surface area contributed by atoms with Gasteiger partial charge in [0.05, 0.1) is 5.56 Å². The third-order valence-electron chi connectivity index (χ3n) is 2.49. The number of nitrogens with one attached hydrogen (secondary N) is 1. The molecule has 4 heteroatoms. The maximum atomic E-state index is 13.4. The van der Waals surface area contributed by atoms with Crippen molar-refractivity contribution in [2.45, 2.75) is 26.2 Å². The molecular formula is C13H18FNO2. The van der Waals surface area contributed by atoms with Crippen molar-refractivity contribution in [1.29, 1.82) is 0 Å². The fraction of sp³-hybridized carbons (Fsp3) is 0.462. The van der Waals surface area contributed by atoms with Gasteiger partial charge in [0.25, 0.3) is 5.91 Å². The van der Waals surface area contributed by atoms with E-state index in [-0.39, 0.29) is 18.1 Å². The van der Waals surface area contributed by atoms with Gasteiger partial charge >= 0.3 is 0 Å².